The highest BCUT2D eigenvalue weighted by Crippen LogP contribution is 2.23. The molecule has 1 amide bonds. The summed E-state index contributed by atoms with van der Waals surface area (Å²) in [5, 5.41) is 5.97. The van der Waals surface area contributed by atoms with Crippen LogP contribution in [0.15, 0.2) is 0 Å². The molecule has 94 valence electrons. The number of hydrogen-bond donors (Lipinski definition) is 2. The Morgan fingerprint density at radius 3 is 2.69 bits per heavy atom. The zero-order valence-corrected chi connectivity index (χ0v) is 10.7. The maximum absolute atomic E-state index is 11.3. The van der Waals surface area contributed by atoms with Gasteiger partial charge in [0.05, 0.1) is 0 Å². The van der Waals surface area contributed by atoms with Crippen molar-refractivity contribution in [2.24, 2.45) is 5.41 Å². The van der Waals surface area contributed by atoms with Crippen LogP contribution in [0.2, 0.25) is 0 Å². The normalized spacial score (nSPS) is 26.4. The molecule has 0 bridgehead atoms. The van der Waals surface area contributed by atoms with Crippen molar-refractivity contribution in [3.63, 3.8) is 0 Å². The summed E-state index contributed by atoms with van der Waals surface area (Å²) < 4.78 is 21.8. The molecule has 0 radical (unpaired) electrons. The monoisotopic (exact) mass is 248 g/mol. The van der Waals surface area contributed by atoms with Crippen LogP contribution in [-0.2, 0) is 14.6 Å². The summed E-state index contributed by atoms with van der Waals surface area (Å²) >= 11 is 0. The van der Waals surface area contributed by atoms with Gasteiger partial charge >= 0.3 is 0 Å². The number of amides is 1. The van der Waals surface area contributed by atoms with Crippen LogP contribution in [0.1, 0.15) is 19.8 Å². The summed E-state index contributed by atoms with van der Waals surface area (Å²) in [6, 6.07) is 0. The van der Waals surface area contributed by atoms with Crippen LogP contribution >= 0.6 is 0 Å². The topological polar surface area (TPSA) is 75.3 Å². The standard InChI is InChI=1S/C10H20N2O3S/c1-10(4-3-5-11-7-10)8-12-9(13)6-16(2,14)15/h11H,3-8H2,1-2H3,(H,12,13). The van der Waals surface area contributed by atoms with Gasteiger partial charge in [-0.05, 0) is 24.8 Å². The van der Waals surface area contributed by atoms with Gasteiger partial charge < -0.3 is 10.6 Å². The van der Waals surface area contributed by atoms with Crippen LogP contribution in [0, 0.1) is 5.41 Å². The molecule has 16 heavy (non-hydrogen) atoms. The molecule has 0 aromatic carbocycles. The number of sulfone groups is 1. The van der Waals surface area contributed by atoms with Crippen molar-refractivity contribution >= 4 is 15.7 Å². The van der Waals surface area contributed by atoms with E-state index in [9.17, 15) is 13.2 Å². The first-order valence-electron chi connectivity index (χ1n) is 5.46. The first-order chi connectivity index (χ1) is 7.31. The fourth-order valence-corrected chi connectivity index (χ4v) is 2.45. The second-order valence-electron chi connectivity index (χ2n) is 4.94. The van der Waals surface area contributed by atoms with E-state index in [1.807, 2.05) is 0 Å². The average molecular weight is 248 g/mol. The Labute approximate surface area is 96.9 Å². The average Bonchev–Trinajstić information content (AvgIpc) is 2.14. The van der Waals surface area contributed by atoms with Gasteiger partial charge in [-0.1, -0.05) is 6.92 Å². The van der Waals surface area contributed by atoms with Crippen LogP contribution in [-0.4, -0.2) is 46.0 Å². The van der Waals surface area contributed by atoms with E-state index in [1.54, 1.807) is 0 Å². The third kappa shape index (κ3) is 4.94. The van der Waals surface area contributed by atoms with Gasteiger partial charge in [0.15, 0.2) is 9.84 Å². The molecule has 2 N–H and O–H groups in total. The van der Waals surface area contributed by atoms with Gasteiger partial charge in [-0.15, -0.1) is 0 Å². The lowest BCUT2D eigenvalue weighted by molar-refractivity contribution is -0.119. The van der Waals surface area contributed by atoms with Crippen LogP contribution in [0.3, 0.4) is 0 Å². The van der Waals surface area contributed by atoms with Gasteiger partial charge in [0.2, 0.25) is 5.91 Å². The lowest BCUT2D eigenvalue weighted by Crippen LogP contribution is -2.46. The predicted molar refractivity (Wildman–Crippen MR) is 62.9 cm³/mol. The summed E-state index contributed by atoms with van der Waals surface area (Å²) in [6.45, 7) is 4.52. The molecule has 0 saturated carbocycles. The second kappa shape index (κ2) is 5.14. The Morgan fingerprint density at radius 1 is 1.50 bits per heavy atom. The van der Waals surface area contributed by atoms with E-state index >= 15 is 0 Å². The summed E-state index contributed by atoms with van der Waals surface area (Å²) in [4.78, 5) is 11.3. The van der Waals surface area contributed by atoms with Crippen molar-refractivity contribution in [1.82, 2.24) is 10.6 Å². The van der Waals surface area contributed by atoms with E-state index in [0.29, 0.717) is 6.54 Å². The van der Waals surface area contributed by atoms with E-state index in [1.165, 1.54) is 0 Å². The Balaban J connectivity index is 2.36. The van der Waals surface area contributed by atoms with Crippen LogP contribution < -0.4 is 10.6 Å². The number of carbonyl (C=O) groups is 1. The summed E-state index contributed by atoms with van der Waals surface area (Å²) in [7, 11) is -3.22. The van der Waals surface area contributed by atoms with Crippen molar-refractivity contribution in [3.8, 4) is 0 Å². The Morgan fingerprint density at radius 2 is 2.19 bits per heavy atom. The number of rotatable bonds is 4. The molecule has 6 heteroatoms. The SMILES string of the molecule is CC1(CNC(=O)CS(C)(=O)=O)CCCNC1. The Hall–Kier alpha value is -0.620. The molecule has 1 unspecified atom stereocenters. The van der Waals surface area contributed by atoms with Crippen LogP contribution in [0.25, 0.3) is 0 Å². The maximum atomic E-state index is 11.3. The predicted octanol–water partition coefficient (Wildman–Crippen LogP) is -0.463. The maximum Gasteiger partial charge on any atom is 0.235 e. The minimum Gasteiger partial charge on any atom is -0.355 e. The Bertz CT molecular complexity index is 345. The molecule has 0 aromatic rings. The van der Waals surface area contributed by atoms with Gasteiger partial charge in [-0.25, -0.2) is 8.42 Å². The first-order valence-corrected chi connectivity index (χ1v) is 7.52. The summed E-state index contributed by atoms with van der Waals surface area (Å²) in [5.41, 5.74) is 0.0470. The first kappa shape index (κ1) is 13.4. The van der Waals surface area contributed by atoms with Gasteiger partial charge in [-0.2, -0.15) is 0 Å². The molecule has 0 aromatic heterocycles. The van der Waals surface area contributed by atoms with E-state index in [0.717, 1.165) is 32.2 Å². The molecule has 1 fully saturated rings. The van der Waals surface area contributed by atoms with Crippen molar-refractivity contribution in [2.45, 2.75) is 19.8 Å². The lowest BCUT2D eigenvalue weighted by Gasteiger charge is -2.34. The number of nitrogens with one attached hydrogen (secondary N) is 2. The van der Waals surface area contributed by atoms with Crippen molar-refractivity contribution < 1.29 is 13.2 Å². The molecule has 1 aliphatic rings. The van der Waals surface area contributed by atoms with E-state index in [2.05, 4.69) is 17.6 Å². The number of carbonyl (C=O) groups excluding carboxylic acids is 1. The molecular weight excluding hydrogens is 228 g/mol. The lowest BCUT2D eigenvalue weighted by atomic mass is 9.83. The Kier molecular flexibility index (Phi) is 4.32. The third-order valence-electron chi connectivity index (χ3n) is 2.79. The van der Waals surface area contributed by atoms with Gasteiger partial charge in [0.1, 0.15) is 5.75 Å². The van der Waals surface area contributed by atoms with Gasteiger partial charge in [0.25, 0.3) is 0 Å². The van der Waals surface area contributed by atoms with E-state index < -0.39 is 21.5 Å². The molecule has 1 rings (SSSR count). The van der Waals surface area contributed by atoms with Crippen molar-refractivity contribution in [1.29, 1.82) is 0 Å². The zero-order chi connectivity index (χ0) is 12.2. The second-order valence-corrected chi connectivity index (χ2v) is 7.08. The van der Waals surface area contributed by atoms with Crippen molar-refractivity contribution in [3.05, 3.63) is 0 Å². The van der Waals surface area contributed by atoms with Crippen LogP contribution in [0.5, 0.6) is 0 Å². The molecule has 0 spiro atoms. The quantitative estimate of drug-likeness (QED) is 0.706. The highest BCUT2D eigenvalue weighted by Gasteiger charge is 2.27. The summed E-state index contributed by atoms with van der Waals surface area (Å²) in [5.74, 6) is -0.828. The molecule has 1 aliphatic heterocycles. The zero-order valence-electron chi connectivity index (χ0n) is 9.88. The van der Waals surface area contributed by atoms with Gasteiger partial charge in [-0.3, -0.25) is 4.79 Å². The highest BCUT2D eigenvalue weighted by atomic mass is 32.2. The fourth-order valence-electron chi connectivity index (χ4n) is 1.87. The minimum atomic E-state index is -3.22. The smallest absolute Gasteiger partial charge is 0.235 e. The van der Waals surface area contributed by atoms with E-state index in [-0.39, 0.29) is 5.41 Å². The fraction of sp³-hybridized carbons (Fsp3) is 0.900. The molecular formula is C10H20N2O3S. The molecule has 0 aliphatic carbocycles. The molecule has 5 nitrogen and oxygen atoms in total. The van der Waals surface area contributed by atoms with Crippen LogP contribution in [0.4, 0.5) is 0 Å². The molecule has 1 heterocycles. The number of piperidine rings is 1. The number of hydrogen-bond acceptors (Lipinski definition) is 4. The van der Waals surface area contributed by atoms with Gasteiger partial charge in [0, 0.05) is 19.3 Å². The molecule has 1 atom stereocenters. The highest BCUT2D eigenvalue weighted by molar-refractivity contribution is 7.91. The van der Waals surface area contributed by atoms with Crippen molar-refractivity contribution in [2.75, 3.05) is 31.6 Å². The molecule has 1 saturated heterocycles. The van der Waals surface area contributed by atoms with E-state index in [4.69, 9.17) is 0 Å². The third-order valence-corrected chi connectivity index (χ3v) is 3.58. The summed E-state index contributed by atoms with van der Waals surface area (Å²) in [6.07, 6.45) is 3.22. The minimum absolute atomic E-state index is 0.0470. The largest absolute Gasteiger partial charge is 0.355 e.